The van der Waals surface area contributed by atoms with Crippen LogP contribution in [0.25, 0.3) is 0 Å². The second-order valence-electron chi connectivity index (χ2n) is 3.83. The average Bonchev–Trinajstić information content (AvgIpc) is 2.37. The fraction of sp³-hybridized carbons (Fsp3) is 0.0714. The van der Waals surface area contributed by atoms with Gasteiger partial charge in [0.1, 0.15) is 11.6 Å². The van der Waals surface area contributed by atoms with Gasteiger partial charge in [0.15, 0.2) is 5.78 Å². The molecular formula is C14H12FNO2. The Balaban J connectivity index is 2.34. The number of ether oxygens (including phenoxy) is 1. The number of rotatable bonds is 3. The first-order valence-electron chi connectivity index (χ1n) is 5.35. The Bertz CT molecular complexity index is 559. The van der Waals surface area contributed by atoms with Crippen LogP contribution < -0.4 is 10.5 Å². The summed E-state index contributed by atoms with van der Waals surface area (Å²) in [6.45, 7) is 0. The van der Waals surface area contributed by atoms with E-state index in [1.807, 2.05) is 0 Å². The van der Waals surface area contributed by atoms with E-state index in [0.717, 1.165) is 0 Å². The molecule has 2 aromatic rings. The molecule has 4 heteroatoms. The van der Waals surface area contributed by atoms with Crippen molar-refractivity contribution in [1.29, 1.82) is 0 Å². The first kappa shape index (κ1) is 12.1. The molecule has 0 bridgehead atoms. The van der Waals surface area contributed by atoms with E-state index in [2.05, 4.69) is 0 Å². The Labute approximate surface area is 104 Å². The van der Waals surface area contributed by atoms with Gasteiger partial charge >= 0.3 is 0 Å². The van der Waals surface area contributed by atoms with Crippen LogP contribution in [0.4, 0.5) is 10.1 Å². The summed E-state index contributed by atoms with van der Waals surface area (Å²) in [5.74, 6) is -0.138. The summed E-state index contributed by atoms with van der Waals surface area (Å²) in [6.07, 6.45) is 0. The second-order valence-corrected chi connectivity index (χ2v) is 3.83. The molecule has 0 heterocycles. The molecule has 0 aliphatic carbocycles. The van der Waals surface area contributed by atoms with Crippen molar-refractivity contribution in [3.05, 3.63) is 59.4 Å². The molecule has 0 radical (unpaired) electrons. The minimum atomic E-state index is -0.521. The van der Waals surface area contributed by atoms with E-state index in [1.54, 1.807) is 31.4 Å². The fourth-order valence-electron chi connectivity index (χ4n) is 1.65. The Morgan fingerprint density at radius 1 is 1.11 bits per heavy atom. The lowest BCUT2D eigenvalue weighted by Crippen LogP contribution is -2.03. The number of nitrogens with two attached hydrogens (primary N) is 1. The van der Waals surface area contributed by atoms with Crippen LogP contribution in [0.1, 0.15) is 15.9 Å². The van der Waals surface area contributed by atoms with Crippen LogP contribution in [0.5, 0.6) is 5.75 Å². The van der Waals surface area contributed by atoms with E-state index in [-0.39, 0.29) is 17.0 Å². The highest BCUT2D eigenvalue weighted by atomic mass is 19.1. The molecule has 0 unspecified atom stereocenters. The maximum absolute atomic E-state index is 13.2. The quantitative estimate of drug-likeness (QED) is 0.668. The van der Waals surface area contributed by atoms with Crippen molar-refractivity contribution in [3.63, 3.8) is 0 Å². The molecule has 0 aromatic heterocycles. The summed E-state index contributed by atoms with van der Waals surface area (Å²) >= 11 is 0. The summed E-state index contributed by atoms with van der Waals surface area (Å²) in [5, 5.41) is 0. The maximum atomic E-state index is 13.2. The third kappa shape index (κ3) is 2.48. The molecule has 0 fully saturated rings. The molecule has 0 spiro atoms. The van der Waals surface area contributed by atoms with Gasteiger partial charge in [-0.2, -0.15) is 0 Å². The molecule has 0 saturated carbocycles. The minimum Gasteiger partial charge on any atom is -0.497 e. The Morgan fingerprint density at radius 3 is 2.33 bits per heavy atom. The maximum Gasteiger partial charge on any atom is 0.193 e. The van der Waals surface area contributed by atoms with Crippen molar-refractivity contribution in [2.24, 2.45) is 0 Å². The molecule has 2 rings (SSSR count). The molecule has 0 aliphatic heterocycles. The van der Waals surface area contributed by atoms with E-state index >= 15 is 0 Å². The van der Waals surface area contributed by atoms with Crippen molar-refractivity contribution >= 4 is 11.5 Å². The van der Waals surface area contributed by atoms with Crippen LogP contribution in [-0.2, 0) is 0 Å². The number of carbonyl (C=O) groups excluding carboxylic acids is 1. The number of carbonyl (C=O) groups is 1. The molecule has 2 N–H and O–H groups in total. The van der Waals surface area contributed by atoms with Crippen molar-refractivity contribution in [2.45, 2.75) is 0 Å². The third-order valence-corrected chi connectivity index (χ3v) is 2.53. The van der Waals surface area contributed by atoms with Gasteiger partial charge in [0.25, 0.3) is 0 Å². The van der Waals surface area contributed by atoms with Crippen LogP contribution in [0, 0.1) is 5.82 Å². The SMILES string of the molecule is COc1ccc(C(=O)c2cc(N)cc(F)c2)cc1. The highest BCUT2D eigenvalue weighted by Crippen LogP contribution is 2.17. The summed E-state index contributed by atoms with van der Waals surface area (Å²) in [7, 11) is 1.55. The van der Waals surface area contributed by atoms with Crippen molar-refractivity contribution in [3.8, 4) is 5.75 Å². The molecule has 3 nitrogen and oxygen atoms in total. The van der Waals surface area contributed by atoms with Gasteiger partial charge in [-0.05, 0) is 42.5 Å². The molecule has 2 aromatic carbocycles. The number of hydrogen-bond acceptors (Lipinski definition) is 3. The van der Waals surface area contributed by atoms with E-state index in [0.29, 0.717) is 11.3 Å². The van der Waals surface area contributed by atoms with Crippen LogP contribution in [0.2, 0.25) is 0 Å². The molecule has 0 atom stereocenters. The van der Waals surface area contributed by atoms with Gasteiger partial charge in [-0.15, -0.1) is 0 Å². The zero-order chi connectivity index (χ0) is 13.1. The lowest BCUT2D eigenvalue weighted by Gasteiger charge is -2.04. The van der Waals surface area contributed by atoms with Gasteiger partial charge in [-0.25, -0.2) is 4.39 Å². The zero-order valence-corrected chi connectivity index (χ0v) is 9.81. The highest BCUT2D eigenvalue weighted by molar-refractivity contribution is 6.09. The summed E-state index contributed by atoms with van der Waals surface area (Å²) in [6, 6.07) is 10.4. The fourth-order valence-corrected chi connectivity index (χ4v) is 1.65. The van der Waals surface area contributed by atoms with Gasteiger partial charge in [0.05, 0.1) is 7.11 Å². The lowest BCUT2D eigenvalue weighted by atomic mass is 10.0. The first-order chi connectivity index (χ1) is 8.60. The van der Waals surface area contributed by atoms with Crippen LogP contribution >= 0.6 is 0 Å². The highest BCUT2D eigenvalue weighted by Gasteiger charge is 2.11. The smallest absolute Gasteiger partial charge is 0.193 e. The van der Waals surface area contributed by atoms with E-state index in [1.165, 1.54) is 18.2 Å². The number of hydrogen-bond donors (Lipinski definition) is 1. The Hall–Kier alpha value is -2.36. The predicted octanol–water partition coefficient (Wildman–Crippen LogP) is 2.65. The topological polar surface area (TPSA) is 52.3 Å². The van der Waals surface area contributed by atoms with Gasteiger partial charge in [0.2, 0.25) is 0 Å². The molecular weight excluding hydrogens is 233 g/mol. The van der Waals surface area contributed by atoms with Gasteiger partial charge in [-0.1, -0.05) is 0 Å². The predicted molar refractivity (Wildman–Crippen MR) is 67.2 cm³/mol. The molecule has 18 heavy (non-hydrogen) atoms. The number of methoxy groups -OCH3 is 1. The van der Waals surface area contributed by atoms with Crippen LogP contribution in [0.15, 0.2) is 42.5 Å². The summed E-state index contributed by atoms with van der Waals surface area (Å²) < 4.78 is 18.2. The van der Waals surface area contributed by atoms with E-state index < -0.39 is 5.82 Å². The monoisotopic (exact) mass is 245 g/mol. The van der Waals surface area contributed by atoms with Gasteiger partial charge < -0.3 is 10.5 Å². The Morgan fingerprint density at radius 2 is 1.78 bits per heavy atom. The van der Waals surface area contributed by atoms with Crippen molar-refractivity contribution in [1.82, 2.24) is 0 Å². The molecule has 0 saturated heterocycles. The second kappa shape index (κ2) is 4.87. The van der Waals surface area contributed by atoms with Crippen LogP contribution in [-0.4, -0.2) is 12.9 Å². The number of halogens is 1. The molecule has 92 valence electrons. The van der Waals surface area contributed by atoms with E-state index in [4.69, 9.17) is 10.5 Å². The number of benzene rings is 2. The third-order valence-electron chi connectivity index (χ3n) is 2.53. The van der Waals surface area contributed by atoms with Crippen molar-refractivity contribution < 1.29 is 13.9 Å². The van der Waals surface area contributed by atoms with Gasteiger partial charge in [0, 0.05) is 16.8 Å². The zero-order valence-electron chi connectivity index (χ0n) is 9.81. The average molecular weight is 245 g/mol. The number of ketones is 1. The van der Waals surface area contributed by atoms with Crippen molar-refractivity contribution in [2.75, 3.05) is 12.8 Å². The normalized spacial score (nSPS) is 10.1. The standard InChI is InChI=1S/C14H12FNO2/c1-18-13-4-2-9(3-5-13)14(17)10-6-11(15)8-12(16)7-10/h2-8H,16H2,1H3. The minimum absolute atomic E-state index is 0.229. The number of anilines is 1. The molecule has 0 amide bonds. The van der Waals surface area contributed by atoms with Crippen LogP contribution in [0.3, 0.4) is 0 Å². The number of nitrogen functional groups attached to an aromatic ring is 1. The largest absolute Gasteiger partial charge is 0.497 e. The summed E-state index contributed by atoms with van der Waals surface area (Å²) in [5.41, 5.74) is 6.43. The Kier molecular flexibility index (Phi) is 3.28. The van der Waals surface area contributed by atoms with E-state index in [9.17, 15) is 9.18 Å². The van der Waals surface area contributed by atoms with Gasteiger partial charge in [-0.3, -0.25) is 4.79 Å². The first-order valence-corrected chi connectivity index (χ1v) is 5.35. The summed E-state index contributed by atoms with van der Waals surface area (Å²) in [4.78, 5) is 12.1. The lowest BCUT2D eigenvalue weighted by molar-refractivity contribution is 0.103. The molecule has 0 aliphatic rings.